The van der Waals surface area contributed by atoms with Crippen molar-refractivity contribution in [2.75, 3.05) is 13.1 Å². The van der Waals surface area contributed by atoms with Crippen molar-refractivity contribution in [1.82, 2.24) is 19.3 Å². The second-order valence-corrected chi connectivity index (χ2v) is 7.75. The van der Waals surface area contributed by atoms with Crippen LogP contribution in [-0.2, 0) is 6.42 Å². The number of imidazole rings is 1. The molecule has 1 saturated carbocycles. The first-order valence-corrected chi connectivity index (χ1v) is 9.58. The molecule has 2 N–H and O–H groups in total. The van der Waals surface area contributed by atoms with E-state index < -0.39 is 5.91 Å². The molecule has 2 amide bonds. The maximum Gasteiger partial charge on any atom is 0.253 e. The number of primary amides is 1. The number of aromatic nitrogens is 3. The molecule has 7 nitrogen and oxygen atoms in total. The van der Waals surface area contributed by atoms with Gasteiger partial charge in [0.15, 0.2) is 0 Å². The predicted octanol–water partition coefficient (Wildman–Crippen LogP) is 1.78. The zero-order valence-corrected chi connectivity index (χ0v) is 15.4. The van der Waals surface area contributed by atoms with Crippen LogP contribution in [0.15, 0.2) is 48.9 Å². The smallest absolute Gasteiger partial charge is 0.253 e. The molecule has 7 heteroatoms. The van der Waals surface area contributed by atoms with Gasteiger partial charge < -0.3 is 10.6 Å². The first-order valence-electron chi connectivity index (χ1n) is 9.58. The highest BCUT2D eigenvalue weighted by atomic mass is 16.2. The monoisotopic (exact) mass is 375 g/mol. The van der Waals surface area contributed by atoms with Crippen LogP contribution in [-0.4, -0.2) is 44.2 Å². The molecule has 5 rings (SSSR count). The normalized spacial score (nSPS) is 23.0. The number of hydrogen-bond donors (Lipinski definition) is 1. The van der Waals surface area contributed by atoms with Crippen LogP contribution in [0, 0.1) is 17.8 Å². The Labute approximate surface area is 162 Å². The van der Waals surface area contributed by atoms with Crippen LogP contribution in [0.1, 0.15) is 32.8 Å². The van der Waals surface area contributed by atoms with Gasteiger partial charge in [-0.1, -0.05) is 18.2 Å². The van der Waals surface area contributed by atoms with E-state index in [1.54, 1.807) is 10.6 Å². The highest BCUT2D eigenvalue weighted by Crippen LogP contribution is 2.54. The summed E-state index contributed by atoms with van der Waals surface area (Å²) in [6.07, 6.45) is 6.98. The molecule has 1 aromatic carbocycles. The number of nitrogens with two attached hydrogens (primary N) is 1. The average Bonchev–Trinajstić information content (AvgIpc) is 3.06. The molecular weight excluding hydrogens is 354 g/mol. The molecule has 2 fully saturated rings. The summed E-state index contributed by atoms with van der Waals surface area (Å²) in [4.78, 5) is 34.5. The van der Waals surface area contributed by atoms with Crippen LogP contribution in [0.5, 0.6) is 0 Å². The summed E-state index contributed by atoms with van der Waals surface area (Å²) in [6, 6.07) is 9.50. The number of benzene rings is 1. The minimum atomic E-state index is -0.495. The molecule has 1 aliphatic carbocycles. The van der Waals surface area contributed by atoms with Crippen molar-refractivity contribution in [3.63, 3.8) is 0 Å². The van der Waals surface area contributed by atoms with Crippen molar-refractivity contribution >= 4 is 17.6 Å². The summed E-state index contributed by atoms with van der Waals surface area (Å²) in [5.41, 5.74) is 7.41. The Morgan fingerprint density at radius 2 is 1.82 bits per heavy atom. The molecule has 0 bridgehead atoms. The van der Waals surface area contributed by atoms with Crippen molar-refractivity contribution < 1.29 is 9.59 Å². The van der Waals surface area contributed by atoms with Crippen LogP contribution in [0.3, 0.4) is 0 Å². The molecule has 1 saturated heterocycles. The Balaban J connectivity index is 1.17. The van der Waals surface area contributed by atoms with E-state index in [2.05, 4.69) is 9.97 Å². The van der Waals surface area contributed by atoms with Crippen molar-refractivity contribution in [2.24, 2.45) is 23.5 Å². The summed E-state index contributed by atoms with van der Waals surface area (Å²) >= 11 is 0. The third kappa shape index (κ3) is 2.93. The lowest BCUT2D eigenvalue weighted by Crippen LogP contribution is -2.31. The van der Waals surface area contributed by atoms with E-state index >= 15 is 0 Å². The van der Waals surface area contributed by atoms with E-state index in [-0.39, 0.29) is 5.91 Å². The minimum absolute atomic E-state index is 0.142. The number of piperidine rings is 1. The van der Waals surface area contributed by atoms with E-state index in [0.717, 1.165) is 37.2 Å². The van der Waals surface area contributed by atoms with Gasteiger partial charge in [0.2, 0.25) is 5.78 Å². The van der Waals surface area contributed by atoms with Crippen LogP contribution in [0.2, 0.25) is 0 Å². The standard InChI is InChI=1S/C21H21N5O2/c22-19(27)14-8-23-21-24-15(10-26(21)9-14)6-7-16-17-11-25(12-18(16)17)20(28)13-4-2-1-3-5-13/h1-5,8-10,16-18H,6-7,11-12H2,(H2,22,27). The molecule has 2 unspecified atom stereocenters. The first kappa shape index (κ1) is 16.9. The van der Waals surface area contributed by atoms with E-state index in [1.807, 2.05) is 41.4 Å². The summed E-state index contributed by atoms with van der Waals surface area (Å²) in [7, 11) is 0. The van der Waals surface area contributed by atoms with Crippen LogP contribution in [0.25, 0.3) is 5.78 Å². The molecule has 2 atom stereocenters. The molecule has 2 aliphatic rings. The van der Waals surface area contributed by atoms with E-state index in [9.17, 15) is 9.59 Å². The lowest BCUT2D eigenvalue weighted by molar-refractivity contribution is 0.0767. The number of carbonyl (C=O) groups excluding carboxylic acids is 2. The summed E-state index contributed by atoms with van der Waals surface area (Å²) in [5.74, 6) is 2.12. The van der Waals surface area contributed by atoms with Crippen LogP contribution < -0.4 is 5.73 Å². The van der Waals surface area contributed by atoms with Gasteiger partial charge in [-0.3, -0.25) is 14.0 Å². The zero-order valence-electron chi connectivity index (χ0n) is 15.4. The number of amides is 2. The fourth-order valence-electron chi connectivity index (χ4n) is 4.50. The van der Waals surface area contributed by atoms with Gasteiger partial charge >= 0.3 is 0 Å². The Morgan fingerprint density at radius 3 is 2.54 bits per heavy atom. The zero-order chi connectivity index (χ0) is 19.3. The van der Waals surface area contributed by atoms with Gasteiger partial charge in [0.25, 0.3) is 11.8 Å². The second-order valence-electron chi connectivity index (χ2n) is 7.75. The largest absolute Gasteiger partial charge is 0.366 e. The number of likely N-dealkylation sites (tertiary alicyclic amines) is 1. The van der Waals surface area contributed by atoms with Gasteiger partial charge in [-0.15, -0.1) is 0 Å². The quantitative estimate of drug-likeness (QED) is 0.735. The SMILES string of the molecule is NC(=O)c1cnc2nc(CCC3C4CN(C(=O)c5ccccc5)CC34)cn2c1. The number of carbonyl (C=O) groups is 2. The molecule has 0 spiro atoms. The third-order valence-corrected chi connectivity index (χ3v) is 6.06. The van der Waals surface area contributed by atoms with Crippen molar-refractivity contribution in [3.8, 4) is 0 Å². The Hall–Kier alpha value is -3.22. The van der Waals surface area contributed by atoms with Crippen molar-refractivity contribution in [2.45, 2.75) is 12.8 Å². The lowest BCUT2D eigenvalue weighted by atomic mass is 10.1. The second kappa shape index (κ2) is 6.44. The number of aryl methyl sites for hydroxylation is 1. The number of rotatable bonds is 5. The minimum Gasteiger partial charge on any atom is -0.366 e. The number of hydrogen-bond acceptors (Lipinski definition) is 4. The highest BCUT2D eigenvalue weighted by molar-refractivity contribution is 5.94. The van der Waals surface area contributed by atoms with Gasteiger partial charge in [0, 0.05) is 37.2 Å². The molecular formula is C21H21N5O2. The summed E-state index contributed by atoms with van der Waals surface area (Å²) < 4.78 is 1.75. The first-order chi connectivity index (χ1) is 13.6. The predicted molar refractivity (Wildman–Crippen MR) is 103 cm³/mol. The highest BCUT2D eigenvalue weighted by Gasteiger charge is 2.55. The molecule has 1 aliphatic heterocycles. The molecule has 3 aromatic rings. The Bertz CT molecular complexity index is 1050. The molecule has 0 radical (unpaired) electrons. The molecule has 28 heavy (non-hydrogen) atoms. The van der Waals surface area contributed by atoms with Crippen molar-refractivity contribution in [1.29, 1.82) is 0 Å². The summed E-state index contributed by atoms with van der Waals surface area (Å²) in [6.45, 7) is 1.72. The molecule has 142 valence electrons. The maximum atomic E-state index is 12.5. The Morgan fingerprint density at radius 1 is 1.07 bits per heavy atom. The van der Waals surface area contributed by atoms with Gasteiger partial charge in [0.05, 0.1) is 11.3 Å². The number of nitrogens with zero attached hydrogens (tertiary/aromatic N) is 4. The van der Waals surface area contributed by atoms with Crippen LogP contribution in [0.4, 0.5) is 0 Å². The van der Waals surface area contributed by atoms with Gasteiger partial charge in [-0.2, -0.15) is 0 Å². The van der Waals surface area contributed by atoms with E-state index in [1.165, 1.54) is 6.20 Å². The fourth-order valence-corrected chi connectivity index (χ4v) is 4.50. The summed E-state index contributed by atoms with van der Waals surface area (Å²) in [5, 5.41) is 0. The maximum absolute atomic E-state index is 12.5. The van der Waals surface area contributed by atoms with Gasteiger partial charge in [-0.25, -0.2) is 9.97 Å². The molecule has 2 aromatic heterocycles. The topological polar surface area (TPSA) is 93.6 Å². The molecule has 3 heterocycles. The Kier molecular flexibility index (Phi) is 3.89. The van der Waals surface area contributed by atoms with Crippen LogP contribution >= 0.6 is 0 Å². The van der Waals surface area contributed by atoms with Gasteiger partial charge in [0.1, 0.15) is 0 Å². The van der Waals surface area contributed by atoms with Crippen molar-refractivity contribution in [3.05, 3.63) is 65.7 Å². The van der Waals surface area contributed by atoms with Gasteiger partial charge in [-0.05, 0) is 42.7 Å². The van der Waals surface area contributed by atoms with E-state index in [0.29, 0.717) is 29.1 Å². The average molecular weight is 375 g/mol. The fraction of sp³-hybridized carbons (Fsp3) is 0.333. The van der Waals surface area contributed by atoms with E-state index in [4.69, 9.17) is 5.73 Å². The third-order valence-electron chi connectivity index (χ3n) is 6.06. The lowest BCUT2D eigenvalue weighted by Gasteiger charge is -2.19. The number of fused-ring (bicyclic) bond motifs is 2.